The third-order valence-corrected chi connectivity index (χ3v) is 2.86. The van der Waals surface area contributed by atoms with Gasteiger partial charge >= 0.3 is 6.03 Å². The Kier molecular flexibility index (Phi) is 4.20. The van der Waals surface area contributed by atoms with Gasteiger partial charge in [-0.3, -0.25) is 4.90 Å². The van der Waals surface area contributed by atoms with Gasteiger partial charge in [-0.05, 0) is 45.0 Å². The fourth-order valence-corrected chi connectivity index (χ4v) is 1.84. The summed E-state index contributed by atoms with van der Waals surface area (Å²) in [5, 5.41) is 0. The van der Waals surface area contributed by atoms with Crippen molar-refractivity contribution in [3.63, 3.8) is 0 Å². The predicted molar refractivity (Wildman–Crippen MR) is 75.5 cm³/mol. The van der Waals surface area contributed by atoms with Gasteiger partial charge in [0.1, 0.15) is 0 Å². The maximum atomic E-state index is 12.2. The normalized spacial score (nSPS) is 11.2. The number of hydrogen-bond donors (Lipinski definition) is 0. The van der Waals surface area contributed by atoms with Crippen LogP contribution < -0.4 is 4.90 Å². The third-order valence-electron chi connectivity index (χ3n) is 2.33. The van der Waals surface area contributed by atoms with Crippen molar-refractivity contribution < 1.29 is 4.79 Å². The van der Waals surface area contributed by atoms with E-state index in [1.165, 1.54) is 0 Å². The maximum Gasteiger partial charge on any atom is 0.324 e. The first-order valence-corrected chi connectivity index (χ1v) is 6.30. The Labute approximate surface area is 112 Å². The van der Waals surface area contributed by atoms with Crippen molar-refractivity contribution >= 4 is 27.6 Å². The highest BCUT2D eigenvalue weighted by Gasteiger charge is 2.29. The number of amides is 2. The van der Waals surface area contributed by atoms with Crippen LogP contribution in [-0.4, -0.2) is 30.6 Å². The van der Waals surface area contributed by atoms with E-state index in [-0.39, 0.29) is 11.6 Å². The minimum Gasteiger partial charge on any atom is -0.330 e. The van der Waals surface area contributed by atoms with E-state index in [0.29, 0.717) is 0 Å². The standard InChI is InChI=1S/C13H19BrN2O/c1-13(2,3)16(12(17)15(4)5)11-8-6-10(14)7-9-11/h6-9H,1-5H3. The largest absolute Gasteiger partial charge is 0.330 e. The molecule has 0 saturated heterocycles. The van der Waals surface area contributed by atoms with E-state index in [2.05, 4.69) is 15.9 Å². The molecule has 0 aliphatic carbocycles. The number of nitrogens with zero attached hydrogens (tertiary/aromatic N) is 2. The fourth-order valence-electron chi connectivity index (χ4n) is 1.57. The lowest BCUT2D eigenvalue weighted by Crippen LogP contribution is -2.50. The van der Waals surface area contributed by atoms with E-state index in [0.717, 1.165) is 10.2 Å². The minimum atomic E-state index is -0.255. The second-order valence-electron chi connectivity index (χ2n) is 5.16. The van der Waals surface area contributed by atoms with Crippen LogP contribution in [0.3, 0.4) is 0 Å². The van der Waals surface area contributed by atoms with Crippen molar-refractivity contribution in [2.24, 2.45) is 0 Å². The number of anilines is 1. The molecule has 1 aromatic rings. The van der Waals surface area contributed by atoms with Crippen molar-refractivity contribution in [1.82, 2.24) is 4.90 Å². The summed E-state index contributed by atoms with van der Waals surface area (Å²) < 4.78 is 1.01. The summed E-state index contributed by atoms with van der Waals surface area (Å²) in [5.41, 5.74) is 0.647. The van der Waals surface area contributed by atoms with Crippen molar-refractivity contribution in [1.29, 1.82) is 0 Å². The highest BCUT2D eigenvalue weighted by Crippen LogP contribution is 2.26. The Morgan fingerprint density at radius 2 is 1.59 bits per heavy atom. The Morgan fingerprint density at radius 1 is 1.12 bits per heavy atom. The first-order valence-electron chi connectivity index (χ1n) is 5.50. The monoisotopic (exact) mass is 298 g/mol. The molecule has 2 amide bonds. The van der Waals surface area contributed by atoms with Crippen LogP contribution in [0.1, 0.15) is 20.8 Å². The molecule has 0 N–H and O–H groups in total. The van der Waals surface area contributed by atoms with E-state index in [9.17, 15) is 4.79 Å². The molecule has 0 heterocycles. The molecule has 0 unspecified atom stereocenters. The van der Waals surface area contributed by atoms with Gasteiger partial charge < -0.3 is 4.90 Å². The van der Waals surface area contributed by atoms with Crippen LogP contribution in [0.2, 0.25) is 0 Å². The molecule has 0 radical (unpaired) electrons. The van der Waals surface area contributed by atoms with E-state index >= 15 is 0 Å². The summed E-state index contributed by atoms with van der Waals surface area (Å²) in [6.07, 6.45) is 0. The van der Waals surface area contributed by atoms with Crippen molar-refractivity contribution in [3.8, 4) is 0 Å². The summed E-state index contributed by atoms with van der Waals surface area (Å²) in [5.74, 6) is 0. The average molecular weight is 299 g/mol. The van der Waals surface area contributed by atoms with Gasteiger partial charge in [-0.1, -0.05) is 15.9 Å². The number of benzene rings is 1. The van der Waals surface area contributed by atoms with Crippen LogP contribution in [0.25, 0.3) is 0 Å². The molecule has 0 saturated carbocycles. The molecule has 17 heavy (non-hydrogen) atoms. The molecule has 0 bridgehead atoms. The molecule has 1 aromatic carbocycles. The first-order chi connectivity index (χ1) is 7.73. The molecule has 0 spiro atoms. The van der Waals surface area contributed by atoms with E-state index in [4.69, 9.17) is 0 Å². The Bertz CT molecular complexity index is 393. The molecule has 0 aliphatic rings. The summed E-state index contributed by atoms with van der Waals surface area (Å²) in [4.78, 5) is 15.6. The summed E-state index contributed by atoms with van der Waals surface area (Å²) in [6, 6.07) is 7.75. The Hall–Kier alpha value is -1.03. The predicted octanol–water partition coefficient (Wildman–Crippen LogP) is 3.74. The zero-order valence-corrected chi connectivity index (χ0v) is 12.6. The molecular weight excluding hydrogens is 280 g/mol. The van der Waals surface area contributed by atoms with Gasteiger partial charge in [0.25, 0.3) is 0 Å². The molecule has 0 atom stereocenters. The second-order valence-corrected chi connectivity index (χ2v) is 6.08. The third kappa shape index (κ3) is 3.46. The second kappa shape index (κ2) is 5.08. The lowest BCUT2D eigenvalue weighted by Gasteiger charge is -2.37. The average Bonchev–Trinajstić information content (AvgIpc) is 2.19. The summed E-state index contributed by atoms with van der Waals surface area (Å²) >= 11 is 3.40. The molecule has 0 aliphatic heterocycles. The number of rotatable bonds is 1. The molecule has 3 nitrogen and oxygen atoms in total. The molecule has 4 heteroatoms. The van der Waals surface area contributed by atoms with Crippen LogP contribution >= 0.6 is 15.9 Å². The van der Waals surface area contributed by atoms with E-state index in [1.54, 1.807) is 23.9 Å². The van der Waals surface area contributed by atoms with Gasteiger partial charge in [-0.15, -0.1) is 0 Å². The number of carbonyl (C=O) groups excluding carboxylic acids is 1. The zero-order valence-electron chi connectivity index (χ0n) is 11.0. The molecule has 94 valence electrons. The van der Waals surface area contributed by atoms with Gasteiger partial charge in [0.05, 0.1) is 0 Å². The summed E-state index contributed by atoms with van der Waals surface area (Å²) in [7, 11) is 3.53. The number of hydrogen-bond acceptors (Lipinski definition) is 1. The zero-order chi connectivity index (χ0) is 13.2. The van der Waals surface area contributed by atoms with Crippen LogP contribution in [0, 0.1) is 0 Å². The van der Waals surface area contributed by atoms with Crippen molar-refractivity contribution in [3.05, 3.63) is 28.7 Å². The Balaban J connectivity index is 3.16. The van der Waals surface area contributed by atoms with E-state index < -0.39 is 0 Å². The van der Waals surface area contributed by atoms with E-state index in [1.807, 2.05) is 45.0 Å². The SMILES string of the molecule is CN(C)C(=O)N(c1ccc(Br)cc1)C(C)(C)C. The molecule has 0 aromatic heterocycles. The van der Waals surface area contributed by atoms with Crippen molar-refractivity contribution in [2.45, 2.75) is 26.3 Å². The van der Waals surface area contributed by atoms with Gasteiger partial charge in [-0.2, -0.15) is 0 Å². The topological polar surface area (TPSA) is 23.6 Å². The van der Waals surface area contributed by atoms with Crippen LogP contribution in [0.5, 0.6) is 0 Å². The van der Waals surface area contributed by atoms with Crippen LogP contribution in [0.4, 0.5) is 10.5 Å². The van der Waals surface area contributed by atoms with Gasteiger partial charge in [0.15, 0.2) is 0 Å². The van der Waals surface area contributed by atoms with Crippen LogP contribution in [0.15, 0.2) is 28.7 Å². The minimum absolute atomic E-state index is 0.0141. The fraction of sp³-hybridized carbons (Fsp3) is 0.462. The van der Waals surface area contributed by atoms with Crippen LogP contribution in [-0.2, 0) is 0 Å². The van der Waals surface area contributed by atoms with Gasteiger partial charge in [0.2, 0.25) is 0 Å². The molecule has 1 rings (SSSR count). The molecule has 0 fully saturated rings. The van der Waals surface area contributed by atoms with Gasteiger partial charge in [-0.25, -0.2) is 4.79 Å². The van der Waals surface area contributed by atoms with Gasteiger partial charge in [0, 0.05) is 29.8 Å². The lowest BCUT2D eigenvalue weighted by molar-refractivity contribution is 0.218. The van der Waals surface area contributed by atoms with Crippen molar-refractivity contribution in [2.75, 3.05) is 19.0 Å². The Morgan fingerprint density at radius 3 is 1.94 bits per heavy atom. The highest BCUT2D eigenvalue weighted by atomic mass is 79.9. The molecular formula is C13H19BrN2O. The smallest absolute Gasteiger partial charge is 0.324 e. The highest BCUT2D eigenvalue weighted by molar-refractivity contribution is 9.10. The number of carbonyl (C=O) groups is 1. The maximum absolute atomic E-state index is 12.2. The first kappa shape index (κ1) is 14.0. The quantitative estimate of drug-likeness (QED) is 0.775. The summed E-state index contributed by atoms with van der Waals surface area (Å²) in [6.45, 7) is 6.07. The lowest BCUT2D eigenvalue weighted by atomic mass is 10.1. The number of urea groups is 1. The number of halogens is 1.